The van der Waals surface area contributed by atoms with E-state index in [1.165, 1.54) is 13.2 Å². The Morgan fingerprint density at radius 3 is 2.56 bits per heavy atom. The summed E-state index contributed by atoms with van der Waals surface area (Å²) in [5, 5.41) is 11.3. The van der Waals surface area contributed by atoms with E-state index in [-0.39, 0.29) is 30.2 Å². The fourth-order valence-electron chi connectivity index (χ4n) is 4.73. The topological polar surface area (TPSA) is 108 Å². The minimum Gasteiger partial charge on any atom is -0.496 e. The Morgan fingerprint density at radius 2 is 1.92 bits per heavy atom. The Hall–Kier alpha value is -3.41. The summed E-state index contributed by atoms with van der Waals surface area (Å²) in [6.07, 6.45) is -2.88. The third-order valence-corrected chi connectivity index (χ3v) is 7.70. The second-order valence-corrected chi connectivity index (χ2v) is 10.3. The molecule has 1 fully saturated rings. The average Bonchev–Trinajstić information content (AvgIpc) is 3.40. The standard InChI is InChI=1S/C27H29F3N2O6S/c1-4-5-10-37-26(35)18-11-15(6-7-16(18)25(33)34)38-21-12-19(24-32-22(13-39-24)27(28,29)30)31-23-14(2)20(36-3)9-8-17(21)23/h8-9,12-13,15-16,18H,4-7,10-11H2,1-3H3,(H,33,34)/t15-,16+,18+/m0/s1. The summed E-state index contributed by atoms with van der Waals surface area (Å²) in [7, 11) is 1.51. The number of aromatic nitrogens is 2. The molecule has 1 N–H and O–H groups in total. The molecule has 39 heavy (non-hydrogen) atoms. The van der Waals surface area contributed by atoms with Gasteiger partial charge < -0.3 is 19.3 Å². The van der Waals surface area contributed by atoms with Gasteiger partial charge in [-0.25, -0.2) is 9.97 Å². The highest BCUT2D eigenvalue weighted by Gasteiger charge is 2.41. The van der Waals surface area contributed by atoms with Crippen LogP contribution in [0.2, 0.25) is 0 Å². The van der Waals surface area contributed by atoms with Gasteiger partial charge in [0.2, 0.25) is 0 Å². The molecule has 0 saturated heterocycles. The van der Waals surface area contributed by atoms with Crippen molar-refractivity contribution in [2.75, 3.05) is 13.7 Å². The number of methoxy groups -OCH3 is 1. The van der Waals surface area contributed by atoms with Crippen molar-refractivity contribution in [3.63, 3.8) is 0 Å². The molecule has 1 aliphatic carbocycles. The smallest absolute Gasteiger partial charge is 0.434 e. The van der Waals surface area contributed by atoms with Crippen molar-refractivity contribution in [1.82, 2.24) is 9.97 Å². The van der Waals surface area contributed by atoms with Crippen LogP contribution in [0.4, 0.5) is 13.2 Å². The molecule has 0 aliphatic heterocycles. The SMILES string of the molecule is CCCCOC(=O)[C@@H]1C[C@@H](Oc2cc(-c3nc(C(F)(F)F)cs3)nc3c(C)c(OC)ccc23)CC[C@H]1C(=O)O. The van der Waals surface area contributed by atoms with Gasteiger partial charge in [-0.2, -0.15) is 13.2 Å². The number of fused-ring (bicyclic) bond motifs is 1. The van der Waals surface area contributed by atoms with Gasteiger partial charge in [-0.15, -0.1) is 11.3 Å². The van der Waals surface area contributed by atoms with Crippen LogP contribution in [0.3, 0.4) is 0 Å². The molecule has 12 heteroatoms. The molecule has 0 bridgehead atoms. The van der Waals surface area contributed by atoms with Crippen LogP contribution in [0.15, 0.2) is 23.6 Å². The van der Waals surface area contributed by atoms with E-state index in [2.05, 4.69) is 9.97 Å². The van der Waals surface area contributed by atoms with Gasteiger partial charge in [-0.3, -0.25) is 9.59 Å². The maximum Gasteiger partial charge on any atom is 0.434 e. The van der Waals surface area contributed by atoms with Crippen molar-refractivity contribution >= 4 is 34.2 Å². The third-order valence-electron chi connectivity index (χ3n) is 6.84. The quantitative estimate of drug-likeness (QED) is 0.238. The first-order valence-electron chi connectivity index (χ1n) is 12.6. The van der Waals surface area contributed by atoms with Gasteiger partial charge in [-0.05, 0) is 44.7 Å². The lowest BCUT2D eigenvalue weighted by molar-refractivity contribution is -0.161. The van der Waals surface area contributed by atoms with Crippen LogP contribution in [0.25, 0.3) is 21.6 Å². The van der Waals surface area contributed by atoms with Crippen molar-refractivity contribution in [2.45, 2.75) is 58.2 Å². The number of carbonyl (C=O) groups excluding carboxylic acids is 1. The number of esters is 1. The molecule has 3 atom stereocenters. The highest BCUT2D eigenvalue weighted by atomic mass is 32.1. The molecule has 1 saturated carbocycles. The zero-order valence-electron chi connectivity index (χ0n) is 21.7. The minimum absolute atomic E-state index is 0.0725. The van der Waals surface area contributed by atoms with Gasteiger partial charge >= 0.3 is 18.1 Å². The lowest BCUT2D eigenvalue weighted by Crippen LogP contribution is -2.40. The number of aliphatic carboxylic acids is 1. The summed E-state index contributed by atoms with van der Waals surface area (Å²) >= 11 is 0.819. The minimum atomic E-state index is -4.59. The van der Waals surface area contributed by atoms with Crippen molar-refractivity contribution in [3.8, 4) is 22.2 Å². The number of alkyl halides is 3. The molecule has 2 heterocycles. The monoisotopic (exact) mass is 566 g/mol. The number of carbonyl (C=O) groups is 2. The molecule has 2 aromatic heterocycles. The Bertz CT molecular complexity index is 1360. The zero-order chi connectivity index (χ0) is 28.3. The second kappa shape index (κ2) is 11.8. The number of ether oxygens (including phenoxy) is 3. The molecule has 1 aliphatic rings. The van der Waals surface area contributed by atoms with Gasteiger partial charge in [0, 0.05) is 22.4 Å². The summed E-state index contributed by atoms with van der Waals surface area (Å²) in [4.78, 5) is 33.0. The first-order chi connectivity index (χ1) is 18.5. The number of thiazole rings is 1. The molecule has 1 aromatic carbocycles. The lowest BCUT2D eigenvalue weighted by atomic mass is 9.78. The fraction of sp³-hybridized carbons (Fsp3) is 0.481. The number of carboxylic acid groups (broad SMARTS) is 1. The summed E-state index contributed by atoms with van der Waals surface area (Å²) in [6.45, 7) is 3.96. The largest absolute Gasteiger partial charge is 0.496 e. The van der Waals surface area contributed by atoms with Crippen LogP contribution in [-0.4, -0.2) is 46.8 Å². The molecule has 8 nitrogen and oxygen atoms in total. The fourth-order valence-corrected chi connectivity index (χ4v) is 5.51. The summed E-state index contributed by atoms with van der Waals surface area (Å²) in [5.41, 5.74) is 0.330. The maximum absolute atomic E-state index is 13.2. The molecule has 3 aromatic rings. The van der Waals surface area contributed by atoms with Crippen LogP contribution in [-0.2, 0) is 20.5 Å². The summed E-state index contributed by atoms with van der Waals surface area (Å²) < 4.78 is 56.7. The number of aryl methyl sites for hydroxylation is 1. The number of rotatable bonds is 9. The zero-order valence-corrected chi connectivity index (χ0v) is 22.5. The summed E-state index contributed by atoms with van der Waals surface area (Å²) in [5.74, 6) is -2.49. The molecule has 0 amide bonds. The van der Waals surface area contributed by atoms with Crippen LogP contribution >= 0.6 is 11.3 Å². The Labute approximate surface area is 227 Å². The Balaban J connectivity index is 1.70. The number of pyridine rings is 1. The molecule has 0 unspecified atom stereocenters. The van der Waals surface area contributed by atoms with Crippen molar-refractivity contribution in [1.29, 1.82) is 0 Å². The van der Waals surface area contributed by atoms with E-state index in [9.17, 15) is 27.9 Å². The second-order valence-electron chi connectivity index (χ2n) is 9.46. The first-order valence-corrected chi connectivity index (χ1v) is 13.5. The number of halogens is 3. The van der Waals surface area contributed by atoms with Crippen molar-refractivity contribution in [2.24, 2.45) is 11.8 Å². The van der Waals surface area contributed by atoms with Crippen LogP contribution in [0, 0.1) is 18.8 Å². The van der Waals surface area contributed by atoms with E-state index in [4.69, 9.17) is 14.2 Å². The van der Waals surface area contributed by atoms with Crippen LogP contribution in [0.5, 0.6) is 11.5 Å². The van der Waals surface area contributed by atoms with Crippen molar-refractivity contribution in [3.05, 3.63) is 34.8 Å². The number of carboxylic acids is 1. The van der Waals surface area contributed by atoms with Gasteiger partial charge in [0.05, 0.1) is 37.2 Å². The molecular weight excluding hydrogens is 537 g/mol. The molecular formula is C27H29F3N2O6S. The Morgan fingerprint density at radius 1 is 1.15 bits per heavy atom. The van der Waals surface area contributed by atoms with E-state index in [0.717, 1.165) is 23.1 Å². The van der Waals surface area contributed by atoms with Crippen LogP contribution < -0.4 is 9.47 Å². The lowest BCUT2D eigenvalue weighted by Gasteiger charge is -2.33. The number of benzene rings is 1. The van der Waals surface area contributed by atoms with E-state index < -0.39 is 41.7 Å². The predicted molar refractivity (Wildman–Crippen MR) is 138 cm³/mol. The number of hydrogen-bond donors (Lipinski definition) is 1. The maximum atomic E-state index is 13.2. The highest BCUT2D eigenvalue weighted by Crippen LogP contribution is 2.40. The van der Waals surface area contributed by atoms with E-state index >= 15 is 0 Å². The number of hydrogen-bond acceptors (Lipinski definition) is 8. The van der Waals surface area contributed by atoms with Gasteiger partial charge in [0.1, 0.15) is 22.2 Å². The molecule has 0 radical (unpaired) electrons. The van der Waals surface area contributed by atoms with E-state index in [1.807, 2.05) is 6.92 Å². The molecule has 210 valence electrons. The average molecular weight is 567 g/mol. The van der Waals surface area contributed by atoms with Gasteiger partial charge in [0.15, 0.2) is 5.69 Å². The summed E-state index contributed by atoms with van der Waals surface area (Å²) in [6, 6.07) is 5.02. The normalized spacial score (nSPS) is 19.6. The number of nitrogens with zero attached hydrogens (tertiary/aromatic N) is 2. The van der Waals surface area contributed by atoms with E-state index in [1.54, 1.807) is 19.1 Å². The number of unbranched alkanes of at least 4 members (excludes halogenated alkanes) is 1. The predicted octanol–water partition coefficient (Wildman–Crippen LogP) is 6.29. The first kappa shape index (κ1) is 28.6. The third kappa shape index (κ3) is 6.26. The van der Waals surface area contributed by atoms with Crippen LogP contribution in [0.1, 0.15) is 50.3 Å². The van der Waals surface area contributed by atoms with E-state index in [0.29, 0.717) is 40.8 Å². The van der Waals surface area contributed by atoms with Crippen molar-refractivity contribution < 1.29 is 42.1 Å². The molecule has 4 rings (SSSR count). The Kier molecular flexibility index (Phi) is 8.63. The highest BCUT2D eigenvalue weighted by molar-refractivity contribution is 7.13. The van der Waals surface area contributed by atoms with Gasteiger partial charge in [0.25, 0.3) is 0 Å². The molecule has 0 spiro atoms. The van der Waals surface area contributed by atoms with Gasteiger partial charge in [-0.1, -0.05) is 13.3 Å².